The summed E-state index contributed by atoms with van der Waals surface area (Å²) in [6.45, 7) is 1.19. The van der Waals surface area contributed by atoms with E-state index in [1.807, 2.05) is 0 Å². The maximum atomic E-state index is 14.1. The fraction of sp³-hybridized carbons (Fsp3) is 0.500. The van der Waals surface area contributed by atoms with E-state index in [-0.39, 0.29) is 12.6 Å². The highest BCUT2D eigenvalue weighted by Crippen LogP contribution is 2.42. The van der Waals surface area contributed by atoms with Gasteiger partial charge in [0, 0.05) is 6.04 Å². The third-order valence-corrected chi connectivity index (χ3v) is 3.96. The molecular weight excluding hydrogens is 289 g/mol. The van der Waals surface area contributed by atoms with E-state index in [4.69, 9.17) is 9.47 Å². The maximum Gasteiger partial charge on any atom is 0.231 e. The summed E-state index contributed by atoms with van der Waals surface area (Å²) < 4.78 is 25.0. The topological polar surface area (TPSA) is 30.5 Å². The largest absolute Gasteiger partial charge is 0.454 e. The third kappa shape index (κ3) is 2.02. The zero-order valence-corrected chi connectivity index (χ0v) is 10.8. The Bertz CT molecular complexity index is 447. The Labute approximate surface area is 107 Å². The van der Waals surface area contributed by atoms with Crippen molar-refractivity contribution in [1.29, 1.82) is 0 Å². The fourth-order valence-electron chi connectivity index (χ4n) is 2.37. The highest BCUT2D eigenvalue weighted by molar-refractivity contribution is 9.10. The van der Waals surface area contributed by atoms with Crippen molar-refractivity contribution < 1.29 is 13.9 Å². The summed E-state index contributed by atoms with van der Waals surface area (Å²) in [7, 11) is 0. The van der Waals surface area contributed by atoms with Crippen LogP contribution in [0, 0.1) is 5.82 Å². The van der Waals surface area contributed by atoms with E-state index in [9.17, 15) is 4.39 Å². The van der Waals surface area contributed by atoms with Crippen LogP contribution < -0.4 is 14.8 Å². The lowest BCUT2D eigenvalue weighted by Crippen LogP contribution is -2.24. The average Bonchev–Trinajstić information content (AvgIpc) is 2.96. The van der Waals surface area contributed by atoms with Gasteiger partial charge in [0.15, 0.2) is 11.5 Å². The van der Waals surface area contributed by atoms with Crippen molar-refractivity contribution in [1.82, 2.24) is 5.32 Å². The quantitative estimate of drug-likeness (QED) is 0.911. The second-order valence-electron chi connectivity index (χ2n) is 4.39. The number of fused-ring (bicyclic) bond motifs is 1. The normalized spacial score (nSPS) is 22.1. The second kappa shape index (κ2) is 4.46. The smallest absolute Gasteiger partial charge is 0.231 e. The summed E-state index contributed by atoms with van der Waals surface area (Å²) in [5.41, 5.74) is 0.681. The number of rotatable bonds is 2. The first-order valence-corrected chi connectivity index (χ1v) is 6.55. The van der Waals surface area contributed by atoms with E-state index in [2.05, 4.69) is 21.2 Å². The molecule has 3 rings (SSSR count). The number of ether oxygens (including phenoxy) is 2. The lowest BCUT2D eigenvalue weighted by molar-refractivity contribution is 0.173. The van der Waals surface area contributed by atoms with Gasteiger partial charge < -0.3 is 14.8 Å². The molecule has 3 nitrogen and oxygen atoms in total. The predicted octanol–water partition coefficient (Wildman–Crippen LogP) is 2.61. The molecular formula is C12H13BrFNO2. The SMILES string of the molecule is Fc1c(CC2CCCN2)cc2c(c1Br)OCO2. The van der Waals surface area contributed by atoms with Crippen molar-refractivity contribution in [2.45, 2.75) is 25.3 Å². The molecule has 0 bridgehead atoms. The highest BCUT2D eigenvalue weighted by Gasteiger charge is 2.25. The van der Waals surface area contributed by atoms with Crippen molar-refractivity contribution in [3.05, 3.63) is 21.9 Å². The van der Waals surface area contributed by atoms with Crippen LogP contribution in [-0.2, 0) is 6.42 Å². The van der Waals surface area contributed by atoms with Crippen molar-refractivity contribution in [2.24, 2.45) is 0 Å². The molecule has 92 valence electrons. The Morgan fingerprint density at radius 3 is 3.12 bits per heavy atom. The summed E-state index contributed by atoms with van der Waals surface area (Å²) in [5.74, 6) is 0.875. The van der Waals surface area contributed by atoms with Gasteiger partial charge in [-0.05, 0) is 53.4 Å². The van der Waals surface area contributed by atoms with Gasteiger partial charge in [-0.1, -0.05) is 0 Å². The number of hydrogen-bond donors (Lipinski definition) is 1. The molecule has 0 radical (unpaired) electrons. The lowest BCUT2D eigenvalue weighted by Gasteiger charge is -2.12. The molecule has 1 saturated heterocycles. The summed E-state index contributed by atoms with van der Waals surface area (Å²) in [4.78, 5) is 0. The molecule has 2 aliphatic heterocycles. The van der Waals surface area contributed by atoms with Gasteiger partial charge in [-0.2, -0.15) is 0 Å². The van der Waals surface area contributed by atoms with Crippen molar-refractivity contribution in [2.75, 3.05) is 13.3 Å². The molecule has 0 amide bonds. The molecule has 2 heterocycles. The fourth-order valence-corrected chi connectivity index (χ4v) is 2.94. The van der Waals surface area contributed by atoms with Crippen LogP contribution in [0.5, 0.6) is 11.5 Å². The molecule has 1 N–H and O–H groups in total. The summed E-state index contributed by atoms with van der Waals surface area (Å²) in [5, 5.41) is 3.37. The van der Waals surface area contributed by atoms with Gasteiger partial charge in [-0.3, -0.25) is 0 Å². The maximum absolute atomic E-state index is 14.1. The predicted molar refractivity (Wildman–Crippen MR) is 65.0 cm³/mol. The molecule has 1 aromatic carbocycles. The molecule has 0 saturated carbocycles. The Morgan fingerprint density at radius 1 is 1.47 bits per heavy atom. The van der Waals surface area contributed by atoms with Gasteiger partial charge in [-0.25, -0.2) is 4.39 Å². The van der Waals surface area contributed by atoms with E-state index in [1.165, 1.54) is 0 Å². The average molecular weight is 302 g/mol. The first-order chi connectivity index (χ1) is 8.25. The van der Waals surface area contributed by atoms with Crippen LogP contribution in [0.1, 0.15) is 18.4 Å². The molecule has 1 fully saturated rings. The van der Waals surface area contributed by atoms with E-state index in [0.717, 1.165) is 19.4 Å². The molecule has 5 heteroatoms. The van der Waals surface area contributed by atoms with Gasteiger partial charge in [0.2, 0.25) is 6.79 Å². The number of halogens is 2. The molecule has 1 aromatic rings. The molecule has 0 aromatic heterocycles. The zero-order chi connectivity index (χ0) is 11.8. The first-order valence-electron chi connectivity index (χ1n) is 5.75. The molecule has 0 spiro atoms. The van der Waals surface area contributed by atoms with Crippen LogP contribution in [0.3, 0.4) is 0 Å². The third-order valence-electron chi connectivity index (χ3n) is 3.25. The van der Waals surface area contributed by atoms with Crippen LogP contribution in [0.4, 0.5) is 4.39 Å². The minimum absolute atomic E-state index is 0.165. The summed E-state index contributed by atoms with van der Waals surface area (Å²) >= 11 is 3.23. The lowest BCUT2D eigenvalue weighted by atomic mass is 10.0. The standard InChI is InChI=1S/C12H13BrFNO2/c13-10-11(14)7(4-8-2-1-3-15-8)5-9-12(10)17-6-16-9/h5,8,15H,1-4,6H2. The first kappa shape index (κ1) is 11.3. The van der Waals surface area contributed by atoms with E-state index in [1.54, 1.807) is 6.07 Å². The minimum atomic E-state index is -0.233. The van der Waals surface area contributed by atoms with Gasteiger partial charge >= 0.3 is 0 Å². The van der Waals surface area contributed by atoms with Gasteiger partial charge in [-0.15, -0.1) is 0 Å². The monoisotopic (exact) mass is 301 g/mol. The van der Waals surface area contributed by atoms with Gasteiger partial charge in [0.05, 0.1) is 4.47 Å². The highest BCUT2D eigenvalue weighted by atomic mass is 79.9. The summed E-state index contributed by atoms with van der Waals surface area (Å²) in [6.07, 6.45) is 2.96. The molecule has 1 unspecified atom stereocenters. The van der Waals surface area contributed by atoms with Crippen molar-refractivity contribution in [3.63, 3.8) is 0 Å². The van der Waals surface area contributed by atoms with E-state index >= 15 is 0 Å². The number of benzene rings is 1. The van der Waals surface area contributed by atoms with E-state index in [0.29, 0.717) is 34.0 Å². The van der Waals surface area contributed by atoms with Crippen molar-refractivity contribution in [3.8, 4) is 11.5 Å². The Hall–Kier alpha value is -0.810. The minimum Gasteiger partial charge on any atom is -0.454 e. The van der Waals surface area contributed by atoms with Gasteiger partial charge in [0.25, 0.3) is 0 Å². The van der Waals surface area contributed by atoms with E-state index < -0.39 is 0 Å². The zero-order valence-electron chi connectivity index (χ0n) is 9.26. The molecule has 2 aliphatic rings. The molecule has 0 aliphatic carbocycles. The van der Waals surface area contributed by atoms with Gasteiger partial charge in [0.1, 0.15) is 5.82 Å². The number of nitrogens with one attached hydrogen (secondary N) is 1. The van der Waals surface area contributed by atoms with Crippen LogP contribution in [0.2, 0.25) is 0 Å². The molecule has 17 heavy (non-hydrogen) atoms. The Balaban J connectivity index is 1.91. The number of hydrogen-bond acceptors (Lipinski definition) is 3. The Kier molecular flexibility index (Phi) is 2.96. The van der Waals surface area contributed by atoms with Crippen molar-refractivity contribution >= 4 is 15.9 Å². The molecule has 1 atom stereocenters. The Morgan fingerprint density at radius 2 is 2.35 bits per heavy atom. The second-order valence-corrected chi connectivity index (χ2v) is 5.19. The summed E-state index contributed by atoms with van der Waals surface area (Å²) in [6, 6.07) is 2.12. The van der Waals surface area contributed by atoms with Crippen LogP contribution in [-0.4, -0.2) is 19.4 Å². The van der Waals surface area contributed by atoms with Crippen LogP contribution in [0.15, 0.2) is 10.5 Å². The van der Waals surface area contributed by atoms with Crippen LogP contribution >= 0.6 is 15.9 Å². The van der Waals surface area contributed by atoms with Crippen LogP contribution in [0.25, 0.3) is 0 Å².